The van der Waals surface area contributed by atoms with E-state index >= 15 is 0 Å². The maximum atomic E-state index is 12.4. The van der Waals surface area contributed by atoms with Crippen LogP contribution in [0.2, 0.25) is 0 Å². The maximum Gasteiger partial charge on any atom is 0.226 e. The molecule has 7 nitrogen and oxygen atoms in total. The summed E-state index contributed by atoms with van der Waals surface area (Å²) in [4.78, 5) is 21.4. The second kappa shape index (κ2) is 7.02. The van der Waals surface area contributed by atoms with Gasteiger partial charge in [-0.25, -0.2) is 14.5 Å². The summed E-state index contributed by atoms with van der Waals surface area (Å²) in [5.41, 5.74) is 5.73. The van der Waals surface area contributed by atoms with Gasteiger partial charge in [-0.3, -0.25) is 4.79 Å². The predicted octanol–water partition coefficient (Wildman–Crippen LogP) is 3.71. The molecule has 0 aliphatic carbocycles. The average Bonchev–Trinajstić information content (AvgIpc) is 3.24. The monoisotopic (exact) mass is 390 g/mol. The number of hydrogen-bond acceptors (Lipinski definition) is 6. The van der Waals surface area contributed by atoms with Crippen molar-refractivity contribution in [1.82, 2.24) is 19.6 Å². The molecule has 28 heavy (non-hydrogen) atoms. The topological polar surface area (TPSA) is 96.0 Å². The van der Waals surface area contributed by atoms with Crippen molar-refractivity contribution in [3.63, 3.8) is 0 Å². The smallest absolute Gasteiger partial charge is 0.226 e. The molecule has 0 unspecified atom stereocenters. The number of nitrogens with one attached hydrogen (secondary N) is 1. The Morgan fingerprint density at radius 2 is 2.11 bits per heavy atom. The third-order valence-electron chi connectivity index (χ3n) is 4.72. The fourth-order valence-corrected chi connectivity index (χ4v) is 4.24. The van der Waals surface area contributed by atoms with Gasteiger partial charge in [0.05, 0.1) is 16.4 Å². The molecule has 1 aromatic carbocycles. The summed E-state index contributed by atoms with van der Waals surface area (Å²) in [7, 11) is 0. The van der Waals surface area contributed by atoms with Crippen molar-refractivity contribution in [3.05, 3.63) is 52.5 Å². The molecule has 3 aromatic heterocycles. The highest BCUT2D eigenvalue weighted by Crippen LogP contribution is 2.27. The molecular formula is C20H18N6OS. The summed E-state index contributed by atoms with van der Waals surface area (Å²) in [5, 5.41) is 16.9. The zero-order valence-electron chi connectivity index (χ0n) is 15.8. The second-order valence-corrected chi connectivity index (χ2v) is 7.74. The minimum Gasteiger partial charge on any atom is -0.302 e. The lowest BCUT2D eigenvalue weighted by Gasteiger charge is -2.10. The largest absolute Gasteiger partial charge is 0.302 e. The standard InChI is InChI=1S/C20H18N6OS/c1-11-4-6-16-17(8-11)28-20(24-16)25-18(27)7-5-15-12(2)23-19-14(9-21)10-22-26(19)13(15)3/h4,6,8,10H,5,7H2,1-3H3,(H,24,25,27). The Morgan fingerprint density at radius 1 is 1.29 bits per heavy atom. The highest BCUT2D eigenvalue weighted by Gasteiger charge is 2.15. The molecule has 0 aliphatic heterocycles. The van der Waals surface area contributed by atoms with E-state index in [0.717, 1.165) is 27.2 Å². The average molecular weight is 390 g/mol. The van der Waals surface area contributed by atoms with Crippen molar-refractivity contribution < 1.29 is 4.79 Å². The number of carbonyl (C=O) groups is 1. The minimum absolute atomic E-state index is 0.0899. The van der Waals surface area contributed by atoms with Gasteiger partial charge in [0.25, 0.3) is 0 Å². The van der Waals surface area contributed by atoms with E-state index < -0.39 is 0 Å². The molecule has 0 aliphatic rings. The van der Waals surface area contributed by atoms with Crippen LogP contribution in [0.25, 0.3) is 15.9 Å². The first-order valence-electron chi connectivity index (χ1n) is 8.87. The van der Waals surface area contributed by atoms with E-state index in [-0.39, 0.29) is 5.91 Å². The molecule has 0 saturated heterocycles. The van der Waals surface area contributed by atoms with Gasteiger partial charge in [-0.2, -0.15) is 10.4 Å². The van der Waals surface area contributed by atoms with Gasteiger partial charge in [-0.15, -0.1) is 0 Å². The number of aryl methyl sites for hydroxylation is 3. The fourth-order valence-electron chi connectivity index (χ4n) is 3.26. The van der Waals surface area contributed by atoms with E-state index in [1.807, 2.05) is 32.9 Å². The molecule has 4 rings (SSSR count). The number of benzene rings is 1. The lowest BCUT2D eigenvalue weighted by Crippen LogP contribution is -2.14. The number of thiazole rings is 1. The Hall–Kier alpha value is -3.31. The molecule has 0 saturated carbocycles. The Labute approximate surface area is 165 Å². The van der Waals surface area contributed by atoms with Gasteiger partial charge in [-0.1, -0.05) is 17.4 Å². The number of nitriles is 1. The zero-order chi connectivity index (χ0) is 19.8. The summed E-state index contributed by atoms with van der Waals surface area (Å²) in [6.45, 7) is 5.86. The van der Waals surface area contributed by atoms with Crippen LogP contribution in [0.5, 0.6) is 0 Å². The minimum atomic E-state index is -0.0899. The Bertz CT molecular complexity index is 1260. The summed E-state index contributed by atoms with van der Waals surface area (Å²) in [6.07, 6.45) is 2.37. The maximum absolute atomic E-state index is 12.4. The number of nitrogens with zero attached hydrogens (tertiary/aromatic N) is 5. The number of fused-ring (bicyclic) bond motifs is 2. The number of hydrogen-bond donors (Lipinski definition) is 1. The molecule has 1 amide bonds. The van der Waals surface area contributed by atoms with Crippen molar-refractivity contribution in [3.8, 4) is 6.07 Å². The first kappa shape index (κ1) is 18.1. The van der Waals surface area contributed by atoms with Crippen LogP contribution >= 0.6 is 11.3 Å². The molecule has 8 heteroatoms. The van der Waals surface area contributed by atoms with Crippen LogP contribution in [0.3, 0.4) is 0 Å². The van der Waals surface area contributed by atoms with E-state index in [0.29, 0.717) is 29.2 Å². The predicted molar refractivity (Wildman–Crippen MR) is 108 cm³/mol. The van der Waals surface area contributed by atoms with Gasteiger partial charge in [0.15, 0.2) is 10.8 Å². The number of rotatable bonds is 4. The van der Waals surface area contributed by atoms with Crippen LogP contribution in [0.1, 0.15) is 34.5 Å². The highest BCUT2D eigenvalue weighted by atomic mass is 32.1. The fraction of sp³-hybridized carbons (Fsp3) is 0.250. The van der Waals surface area contributed by atoms with Crippen LogP contribution in [0, 0.1) is 32.1 Å². The number of anilines is 1. The third kappa shape index (κ3) is 3.21. The number of carbonyl (C=O) groups excluding carboxylic acids is 1. The van der Waals surface area contributed by atoms with Gasteiger partial charge in [0.2, 0.25) is 5.91 Å². The normalized spacial score (nSPS) is 11.1. The van der Waals surface area contributed by atoms with E-state index in [4.69, 9.17) is 5.26 Å². The van der Waals surface area contributed by atoms with Gasteiger partial charge in [0, 0.05) is 17.8 Å². The van der Waals surface area contributed by atoms with Gasteiger partial charge < -0.3 is 5.32 Å². The summed E-state index contributed by atoms with van der Waals surface area (Å²) < 4.78 is 2.72. The first-order chi connectivity index (χ1) is 13.5. The number of amides is 1. The molecule has 0 spiro atoms. The molecule has 0 fully saturated rings. The highest BCUT2D eigenvalue weighted by molar-refractivity contribution is 7.22. The van der Waals surface area contributed by atoms with Gasteiger partial charge in [-0.05, 0) is 50.5 Å². The zero-order valence-corrected chi connectivity index (χ0v) is 16.6. The van der Waals surface area contributed by atoms with Gasteiger partial charge in [0.1, 0.15) is 11.6 Å². The lowest BCUT2D eigenvalue weighted by molar-refractivity contribution is -0.116. The molecule has 4 aromatic rings. The summed E-state index contributed by atoms with van der Waals surface area (Å²) in [5.74, 6) is -0.0899. The lowest BCUT2D eigenvalue weighted by atomic mass is 10.1. The van der Waals surface area contributed by atoms with Crippen molar-refractivity contribution in [2.75, 3.05) is 5.32 Å². The van der Waals surface area contributed by atoms with Gasteiger partial charge >= 0.3 is 0 Å². The van der Waals surface area contributed by atoms with Crippen LogP contribution < -0.4 is 5.32 Å². The molecule has 0 bridgehead atoms. The molecule has 0 radical (unpaired) electrons. The summed E-state index contributed by atoms with van der Waals surface area (Å²) >= 11 is 1.47. The molecule has 140 valence electrons. The first-order valence-corrected chi connectivity index (χ1v) is 9.69. The van der Waals surface area contributed by atoms with Crippen LogP contribution in [-0.2, 0) is 11.2 Å². The SMILES string of the molecule is Cc1ccc2nc(NC(=O)CCc3c(C)nc4c(C#N)cnn4c3C)sc2c1. The number of aromatic nitrogens is 4. The second-order valence-electron chi connectivity index (χ2n) is 6.71. The molecule has 1 N–H and O–H groups in total. The van der Waals surface area contributed by atoms with E-state index in [2.05, 4.69) is 32.5 Å². The molecular weight excluding hydrogens is 372 g/mol. The van der Waals surface area contributed by atoms with Crippen LogP contribution in [0.4, 0.5) is 5.13 Å². The van der Waals surface area contributed by atoms with Crippen molar-refractivity contribution in [1.29, 1.82) is 5.26 Å². The van der Waals surface area contributed by atoms with E-state index in [1.54, 1.807) is 4.52 Å². The van der Waals surface area contributed by atoms with E-state index in [1.165, 1.54) is 23.1 Å². The van der Waals surface area contributed by atoms with E-state index in [9.17, 15) is 4.79 Å². The molecule has 0 atom stereocenters. The van der Waals surface area contributed by atoms with Crippen molar-refractivity contribution >= 4 is 38.2 Å². The van der Waals surface area contributed by atoms with Crippen LogP contribution in [0.15, 0.2) is 24.4 Å². The van der Waals surface area contributed by atoms with Crippen molar-refractivity contribution in [2.45, 2.75) is 33.6 Å². The molecule has 3 heterocycles. The Morgan fingerprint density at radius 3 is 2.89 bits per heavy atom. The summed E-state index contributed by atoms with van der Waals surface area (Å²) in [6, 6.07) is 8.14. The van der Waals surface area contributed by atoms with Crippen molar-refractivity contribution in [2.24, 2.45) is 0 Å². The quantitative estimate of drug-likeness (QED) is 0.573. The van der Waals surface area contributed by atoms with Crippen LogP contribution in [-0.4, -0.2) is 25.5 Å². The Kier molecular flexibility index (Phi) is 4.53. The third-order valence-corrected chi connectivity index (χ3v) is 5.66. The Balaban J connectivity index is 1.50.